The van der Waals surface area contributed by atoms with Crippen molar-refractivity contribution < 1.29 is 19.4 Å². The van der Waals surface area contributed by atoms with Crippen LogP contribution in [0.5, 0.6) is 17.2 Å². The molecule has 0 bridgehead atoms. The molecule has 8 heteroatoms. The number of imidazole rings is 1. The molecule has 136 valence electrons. The lowest BCUT2D eigenvalue weighted by Gasteiger charge is -2.09. The van der Waals surface area contributed by atoms with E-state index in [1.807, 2.05) is 0 Å². The highest BCUT2D eigenvalue weighted by Gasteiger charge is 2.22. The minimum atomic E-state index is -0.798. The maximum atomic E-state index is 12.5. The fourth-order valence-electron chi connectivity index (χ4n) is 2.97. The lowest BCUT2D eigenvalue weighted by molar-refractivity contribution is 0.373. The Kier molecular flexibility index (Phi) is 3.73. The van der Waals surface area contributed by atoms with Crippen molar-refractivity contribution in [2.24, 2.45) is 0 Å². The van der Waals surface area contributed by atoms with E-state index in [9.17, 15) is 19.8 Å². The van der Waals surface area contributed by atoms with Gasteiger partial charge >= 0.3 is 11.3 Å². The number of aromatic nitrogens is 2. The van der Waals surface area contributed by atoms with Crippen LogP contribution < -0.4 is 16.1 Å². The summed E-state index contributed by atoms with van der Waals surface area (Å²) in [4.78, 5) is 29.6. The average Bonchev–Trinajstić information content (AvgIpc) is 3.03. The number of phenolic OH excluding ortho intramolecular Hbond substituents is 1. The van der Waals surface area contributed by atoms with Gasteiger partial charge in [0.15, 0.2) is 11.5 Å². The summed E-state index contributed by atoms with van der Waals surface area (Å²) in [6.45, 7) is 0. The average molecular weight is 366 g/mol. The van der Waals surface area contributed by atoms with Gasteiger partial charge in [-0.25, -0.2) is 9.59 Å². The van der Waals surface area contributed by atoms with E-state index < -0.39 is 11.3 Å². The molecule has 0 saturated carbocycles. The van der Waals surface area contributed by atoms with E-state index in [1.165, 1.54) is 19.2 Å². The highest BCUT2D eigenvalue weighted by atomic mass is 16.5. The van der Waals surface area contributed by atoms with Gasteiger partial charge in [-0.2, -0.15) is 0 Å². The second-order valence-electron chi connectivity index (χ2n) is 5.83. The van der Waals surface area contributed by atoms with Crippen LogP contribution in [0, 0.1) is 0 Å². The first-order chi connectivity index (χ1) is 13.0. The van der Waals surface area contributed by atoms with Crippen LogP contribution in [0.15, 0.2) is 56.5 Å². The minimum Gasteiger partial charge on any atom is -0.506 e. The largest absolute Gasteiger partial charge is 0.506 e. The third-order valence-corrected chi connectivity index (χ3v) is 4.23. The van der Waals surface area contributed by atoms with Crippen LogP contribution in [0.2, 0.25) is 0 Å². The van der Waals surface area contributed by atoms with Crippen molar-refractivity contribution in [1.29, 1.82) is 0 Å². The molecule has 4 aromatic rings. The molecule has 0 fully saturated rings. The summed E-state index contributed by atoms with van der Waals surface area (Å²) < 4.78 is 10.4. The van der Waals surface area contributed by atoms with Crippen molar-refractivity contribution >= 4 is 11.0 Å². The molecule has 0 atom stereocenters. The molecule has 0 radical (unpaired) electrons. The molecule has 27 heavy (non-hydrogen) atoms. The fraction of sp³-hybridized carbons (Fsp3) is 0.0526. The molecule has 0 aliphatic rings. The Balaban J connectivity index is 2.02. The number of para-hydroxylation sites is 1. The predicted octanol–water partition coefficient (Wildman–Crippen LogP) is 2.56. The zero-order valence-corrected chi connectivity index (χ0v) is 14.1. The standard InChI is InChI=1S/C19H14N2O6/c1-26-13-8-9(6-7-11(13)22)15-16(21-19(25)20-15)14-17(23)10-4-2-3-5-12(10)27-18(14)24/h2-8,22-23H,1H3,(H2,20,21,25). The second-order valence-corrected chi connectivity index (χ2v) is 5.83. The molecular weight excluding hydrogens is 352 g/mol. The zero-order chi connectivity index (χ0) is 19.1. The van der Waals surface area contributed by atoms with Gasteiger partial charge in [0.05, 0.1) is 23.9 Å². The Hall–Kier alpha value is -3.94. The van der Waals surface area contributed by atoms with Gasteiger partial charge in [0.1, 0.15) is 16.9 Å². The Morgan fingerprint density at radius 1 is 1.00 bits per heavy atom. The maximum Gasteiger partial charge on any atom is 0.349 e. The van der Waals surface area contributed by atoms with Crippen LogP contribution >= 0.6 is 0 Å². The number of hydrogen-bond donors (Lipinski definition) is 4. The molecule has 0 aliphatic carbocycles. The normalized spacial score (nSPS) is 11.0. The summed E-state index contributed by atoms with van der Waals surface area (Å²) in [5.74, 6) is -0.187. The summed E-state index contributed by atoms with van der Waals surface area (Å²) in [5, 5.41) is 20.8. The van der Waals surface area contributed by atoms with E-state index in [1.54, 1.807) is 30.3 Å². The van der Waals surface area contributed by atoms with Gasteiger partial charge in [0.2, 0.25) is 0 Å². The van der Waals surface area contributed by atoms with Crippen LogP contribution in [0.4, 0.5) is 0 Å². The van der Waals surface area contributed by atoms with Gasteiger partial charge in [-0.3, -0.25) is 0 Å². The predicted molar refractivity (Wildman–Crippen MR) is 98.2 cm³/mol. The minimum absolute atomic E-state index is 0.0738. The number of aromatic hydroxyl groups is 2. The van der Waals surface area contributed by atoms with Crippen LogP contribution in [-0.2, 0) is 0 Å². The third-order valence-electron chi connectivity index (χ3n) is 4.23. The van der Waals surface area contributed by atoms with E-state index >= 15 is 0 Å². The molecular formula is C19H14N2O6. The van der Waals surface area contributed by atoms with E-state index in [2.05, 4.69) is 9.97 Å². The Bertz CT molecular complexity index is 1280. The third kappa shape index (κ3) is 2.63. The van der Waals surface area contributed by atoms with Crippen molar-refractivity contribution in [1.82, 2.24) is 9.97 Å². The number of phenols is 1. The van der Waals surface area contributed by atoms with Crippen molar-refractivity contribution in [2.75, 3.05) is 7.11 Å². The molecule has 0 aliphatic heterocycles. The van der Waals surface area contributed by atoms with Crippen molar-refractivity contribution in [2.45, 2.75) is 0 Å². The van der Waals surface area contributed by atoms with Gasteiger partial charge in [0, 0.05) is 5.56 Å². The van der Waals surface area contributed by atoms with Crippen LogP contribution in [0.1, 0.15) is 0 Å². The highest BCUT2D eigenvalue weighted by molar-refractivity contribution is 5.92. The lowest BCUT2D eigenvalue weighted by Crippen LogP contribution is -2.06. The summed E-state index contributed by atoms with van der Waals surface area (Å²) >= 11 is 0. The number of rotatable bonds is 3. The number of ether oxygens (including phenoxy) is 1. The smallest absolute Gasteiger partial charge is 0.349 e. The molecule has 2 aromatic heterocycles. The Labute approximate surface area is 151 Å². The molecule has 0 amide bonds. The molecule has 0 spiro atoms. The quantitative estimate of drug-likeness (QED) is 0.413. The van der Waals surface area contributed by atoms with E-state index in [0.717, 1.165) is 0 Å². The number of methoxy groups -OCH3 is 1. The summed E-state index contributed by atoms with van der Waals surface area (Å²) in [6, 6.07) is 11.0. The number of nitrogens with one attached hydrogen (secondary N) is 2. The fourth-order valence-corrected chi connectivity index (χ4v) is 2.97. The monoisotopic (exact) mass is 366 g/mol. The Morgan fingerprint density at radius 2 is 1.74 bits per heavy atom. The number of H-pyrrole nitrogens is 2. The highest BCUT2D eigenvalue weighted by Crippen LogP contribution is 2.37. The van der Waals surface area contributed by atoms with Crippen LogP contribution in [0.3, 0.4) is 0 Å². The number of benzene rings is 2. The van der Waals surface area contributed by atoms with Gasteiger partial charge in [0.25, 0.3) is 0 Å². The van der Waals surface area contributed by atoms with Crippen molar-refractivity contribution in [3.05, 3.63) is 63.4 Å². The molecule has 0 saturated heterocycles. The molecule has 0 unspecified atom stereocenters. The number of fused-ring (bicyclic) bond motifs is 1. The Morgan fingerprint density at radius 3 is 2.52 bits per heavy atom. The first-order valence-electron chi connectivity index (χ1n) is 7.94. The summed E-state index contributed by atoms with van der Waals surface area (Å²) in [5.41, 5.74) is -0.526. The summed E-state index contributed by atoms with van der Waals surface area (Å²) in [6.07, 6.45) is 0. The summed E-state index contributed by atoms with van der Waals surface area (Å²) in [7, 11) is 1.39. The van der Waals surface area contributed by atoms with Crippen LogP contribution in [-0.4, -0.2) is 27.3 Å². The second kappa shape index (κ2) is 6.10. The number of aromatic amines is 2. The molecule has 4 rings (SSSR count). The first-order valence-corrected chi connectivity index (χ1v) is 7.94. The number of hydrogen-bond acceptors (Lipinski definition) is 6. The molecule has 8 nitrogen and oxygen atoms in total. The van der Waals surface area contributed by atoms with Gasteiger partial charge in [-0.05, 0) is 30.3 Å². The first kappa shape index (κ1) is 16.5. The van der Waals surface area contributed by atoms with Crippen molar-refractivity contribution in [3.8, 4) is 39.8 Å². The van der Waals surface area contributed by atoms with Gasteiger partial charge in [-0.15, -0.1) is 0 Å². The topological polar surface area (TPSA) is 129 Å². The molecule has 2 aromatic carbocycles. The molecule has 4 N–H and O–H groups in total. The SMILES string of the molecule is COc1cc(-c2[nH]c(=O)[nH]c2-c2c(O)c3ccccc3oc2=O)ccc1O. The molecule has 2 heterocycles. The zero-order valence-electron chi connectivity index (χ0n) is 14.1. The van der Waals surface area contributed by atoms with Crippen molar-refractivity contribution in [3.63, 3.8) is 0 Å². The van der Waals surface area contributed by atoms with E-state index in [-0.39, 0.29) is 39.8 Å². The maximum absolute atomic E-state index is 12.5. The lowest BCUT2D eigenvalue weighted by atomic mass is 10.0. The van der Waals surface area contributed by atoms with Gasteiger partial charge in [-0.1, -0.05) is 12.1 Å². The van der Waals surface area contributed by atoms with Crippen LogP contribution in [0.25, 0.3) is 33.5 Å². The van der Waals surface area contributed by atoms with E-state index in [4.69, 9.17) is 9.15 Å². The van der Waals surface area contributed by atoms with E-state index in [0.29, 0.717) is 10.9 Å². The van der Waals surface area contributed by atoms with Gasteiger partial charge < -0.3 is 29.3 Å².